The monoisotopic (exact) mass is 434 g/mol. The lowest BCUT2D eigenvalue weighted by Crippen LogP contribution is -2.30. The Morgan fingerprint density at radius 3 is 2.61 bits per heavy atom. The second kappa shape index (κ2) is 7.82. The van der Waals surface area contributed by atoms with E-state index in [-0.39, 0.29) is 17.8 Å². The number of benzene rings is 3. The molecule has 1 saturated heterocycles. The van der Waals surface area contributed by atoms with Gasteiger partial charge in [0.05, 0.1) is 0 Å². The molecule has 3 aromatic carbocycles. The van der Waals surface area contributed by atoms with Crippen LogP contribution in [0.2, 0.25) is 5.02 Å². The van der Waals surface area contributed by atoms with Crippen LogP contribution >= 0.6 is 11.6 Å². The van der Waals surface area contributed by atoms with Crippen LogP contribution in [0.1, 0.15) is 40.7 Å². The Morgan fingerprint density at radius 2 is 1.84 bits per heavy atom. The Hall–Kier alpha value is -3.18. The average molecular weight is 435 g/mol. The Morgan fingerprint density at radius 1 is 1.10 bits per heavy atom. The number of rotatable bonds is 3. The van der Waals surface area contributed by atoms with E-state index >= 15 is 0 Å². The summed E-state index contributed by atoms with van der Waals surface area (Å²) in [6, 6.07) is 17.5. The van der Waals surface area contributed by atoms with Gasteiger partial charge < -0.3 is 9.32 Å². The van der Waals surface area contributed by atoms with Gasteiger partial charge in [-0.25, -0.2) is 9.37 Å². The molecule has 1 fully saturated rings. The highest BCUT2D eigenvalue weighted by molar-refractivity contribution is 6.30. The molecule has 0 spiro atoms. The van der Waals surface area contributed by atoms with Crippen LogP contribution in [0.15, 0.2) is 65.1 Å². The highest BCUT2D eigenvalue weighted by Crippen LogP contribution is 2.35. The lowest BCUT2D eigenvalue weighted by Gasteiger charge is -2.22. The first-order valence-electron chi connectivity index (χ1n) is 10.2. The van der Waals surface area contributed by atoms with E-state index in [1.54, 1.807) is 37.3 Å². The van der Waals surface area contributed by atoms with Crippen molar-refractivity contribution in [2.75, 3.05) is 6.54 Å². The van der Waals surface area contributed by atoms with Crippen LogP contribution < -0.4 is 0 Å². The molecular formula is C25H20ClFN2O2. The number of hydrogen-bond donors (Lipinski definition) is 0. The quantitative estimate of drug-likeness (QED) is 0.366. The minimum atomic E-state index is -0.222. The molecule has 1 unspecified atom stereocenters. The van der Waals surface area contributed by atoms with Gasteiger partial charge in [-0.1, -0.05) is 23.7 Å². The van der Waals surface area contributed by atoms with Crippen LogP contribution in [-0.4, -0.2) is 22.3 Å². The van der Waals surface area contributed by atoms with E-state index in [1.165, 1.54) is 6.07 Å². The van der Waals surface area contributed by atoms with E-state index in [0.29, 0.717) is 34.2 Å². The van der Waals surface area contributed by atoms with Crippen LogP contribution in [0.4, 0.5) is 4.39 Å². The highest BCUT2D eigenvalue weighted by Gasteiger charge is 2.34. The van der Waals surface area contributed by atoms with Crippen LogP contribution in [0.5, 0.6) is 0 Å². The lowest BCUT2D eigenvalue weighted by atomic mass is 10.0. The molecule has 156 valence electrons. The zero-order valence-electron chi connectivity index (χ0n) is 16.9. The maximum atomic E-state index is 13.6. The van der Waals surface area contributed by atoms with Crippen molar-refractivity contribution < 1.29 is 13.6 Å². The number of fused-ring (bicyclic) bond motifs is 1. The van der Waals surface area contributed by atoms with Crippen LogP contribution in [0.3, 0.4) is 0 Å². The largest absolute Gasteiger partial charge is 0.438 e. The Bertz CT molecular complexity index is 1280. The van der Waals surface area contributed by atoms with Crippen molar-refractivity contribution in [2.24, 2.45) is 0 Å². The number of carbonyl (C=O) groups excluding carboxylic acids is 1. The molecule has 2 heterocycles. The number of aromatic nitrogens is 1. The van der Waals surface area contributed by atoms with Gasteiger partial charge in [0.2, 0.25) is 5.89 Å². The average Bonchev–Trinajstić information content (AvgIpc) is 3.42. The fraction of sp³-hybridized carbons (Fsp3) is 0.200. The number of nitrogens with zero attached hydrogens (tertiary/aromatic N) is 2. The van der Waals surface area contributed by atoms with E-state index in [2.05, 4.69) is 0 Å². The van der Waals surface area contributed by atoms with Gasteiger partial charge in [0.25, 0.3) is 5.91 Å². The van der Waals surface area contributed by atoms with Gasteiger partial charge >= 0.3 is 0 Å². The topological polar surface area (TPSA) is 46.3 Å². The first-order chi connectivity index (χ1) is 15.0. The molecule has 1 aliphatic rings. The first-order valence-corrected chi connectivity index (χ1v) is 10.6. The summed E-state index contributed by atoms with van der Waals surface area (Å²) in [7, 11) is 0. The minimum Gasteiger partial charge on any atom is -0.438 e. The van der Waals surface area contributed by atoms with E-state index < -0.39 is 0 Å². The van der Waals surface area contributed by atoms with Gasteiger partial charge in [0, 0.05) is 17.1 Å². The maximum absolute atomic E-state index is 13.6. The summed E-state index contributed by atoms with van der Waals surface area (Å²) in [5.74, 6) is 0.270. The third-order valence-corrected chi connectivity index (χ3v) is 6.04. The predicted octanol–water partition coefficient (Wildman–Crippen LogP) is 6.57. The fourth-order valence-corrected chi connectivity index (χ4v) is 4.24. The van der Waals surface area contributed by atoms with Gasteiger partial charge in [0.15, 0.2) is 5.58 Å². The van der Waals surface area contributed by atoms with Crippen molar-refractivity contribution in [3.05, 3.63) is 88.5 Å². The van der Waals surface area contributed by atoms with Gasteiger partial charge in [0.1, 0.15) is 17.4 Å². The summed E-state index contributed by atoms with van der Waals surface area (Å²) in [6.07, 6.45) is 1.69. The molecule has 6 heteroatoms. The number of halogens is 2. The predicted molar refractivity (Wildman–Crippen MR) is 119 cm³/mol. The molecule has 1 aliphatic heterocycles. The normalized spacial score (nSPS) is 16.2. The van der Waals surface area contributed by atoms with Crippen LogP contribution in [-0.2, 0) is 0 Å². The third-order valence-electron chi connectivity index (χ3n) is 5.79. The summed E-state index contributed by atoms with van der Waals surface area (Å²) in [4.78, 5) is 19.6. The standard InChI is InChI=1S/C25H20ClFN2O2/c1-15-13-17(6-10-20(15)27)18-7-11-23-21(14-18)28-24(31-23)22-3-2-12-29(22)25(30)16-4-8-19(26)9-5-16/h4-11,13-14,22H,2-3,12H2,1H3. The second-order valence-corrected chi connectivity index (χ2v) is 8.30. The molecular weight excluding hydrogens is 415 g/mol. The molecule has 4 aromatic rings. The van der Waals surface area contributed by atoms with Crippen LogP contribution in [0, 0.1) is 12.7 Å². The molecule has 0 saturated carbocycles. The van der Waals surface area contributed by atoms with Gasteiger partial charge in [-0.3, -0.25) is 4.79 Å². The lowest BCUT2D eigenvalue weighted by molar-refractivity contribution is 0.0717. The van der Waals surface area contributed by atoms with Crippen molar-refractivity contribution in [2.45, 2.75) is 25.8 Å². The van der Waals surface area contributed by atoms with Crippen LogP contribution in [0.25, 0.3) is 22.2 Å². The maximum Gasteiger partial charge on any atom is 0.254 e. The van der Waals surface area contributed by atoms with Gasteiger partial charge in [-0.05, 0) is 85.0 Å². The number of amides is 1. The Balaban J connectivity index is 1.46. The molecule has 0 bridgehead atoms. The number of carbonyl (C=O) groups is 1. The molecule has 31 heavy (non-hydrogen) atoms. The first kappa shape index (κ1) is 19.8. The highest BCUT2D eigenvalue weighted by atomic mass is 35.5. The van der Waals surface area contributed by atoms with Gasteiger partial charge in [-0.2, -0.15) is 0 Å². The summed E-state index contributed by atoms with van der Waals surface area (Å²) < 4.78 is 19.7. The molecule has 1 aromatic heterocycles. The Labute approximate surface area is 184 Å². The zero-order chi connectivity index (χ0) is 21.5. The second-order valence-electron chi connectivity index (χ2n) is 7.86. The molecule has 0 aliphatic carbocycles. The molecule has 5 rings (SSSR count). The van der Waals surface area contributed by atoms with E-state index in [4.69, 9.17) is 21.0 Å². The molecule has 1 amide bonds. The van der Waals surface area contributed by atoms with Crippen molar-refractivity contribution >= 4 is 28.6 Å². The number of aryl methyl sites for hydroxylation is 1. The summed E-state index contributed by atoms with van der Waals surface area (Å²) in [6.45, 7) is 2.41. The summed E-state index contributed by atoms with van der Waals surface area (Å²) in [5, 5.41) is 0.598. The summed E-state index contributed by atoms with van der Waals surface area (Å²) >= 11 is 5.95. The zero-order valence-corrected chi connectivity index (χ0v) is 17.7. The SMILES string of the molecule is Cc1cc(-c2ccc3oc(C4CCCN4C(=O)c4ccc(Cl)cc4)nc3c2)ccc1F. The molecule has 0 N–H and O–H groups in total. The molecule has 4 nitrogen and oxygen atoms in total. The van der Waals surface area contributed by atoms with Crippen molar-refractivity contribution in [3.63, 3.8) is 0 Å². The number of likely N-dealkylation sites (tertiary alicyclic amines) is 1. The van der Waals surface area contributed by atoms with Crippen molar-refractivity contribution in [3.8, 4) is 11.1 Å². The number of hydrogen-bond acceptors (Lipinski definition) is 3. The van der Waals surface area contributed by atoms with E-state index in [0.717, 1.165) is 29.5 Å². The third kappa shape index (κ3) is 3.70. The smallest absolute Gasteiger partial charge is 0.254 e. The number of oxazole rings is 1. The molecule has 0 radical (unpaired) electrons. The summed E-state index contributed by atoms with van der Waals surface area (Å²) in [5.41, 5.74) is 4.45. The van der Waals surface area contributed by atoms with Gasteiger partial charge in [-0.15, -0.1) is 0 Å². The minimum absolute atomic E-state index is 0.0519. The molecule has 1 atom stereocenters. The fourth-order valence-electron chi connectivity index (χ4n) is 4.12. The van der Waals surface area contributed by atoms with Crippen molar-refractivity contribution in [1.82, 2.24) is 9.88 Å². The van der Waals surface area contributed by atoms with E-state index in [1.807, 2.05) is 29.2 Å². The van der Waals surface area contributed by atoms with E-state index in [9.17, 15) is 9.18 Å². The van der Waals surface area contributed by atoms with Crippen molar-refractivity contribution in [1.29, 1.82) is 0 Å². The Kier molecular flexibility index (Phi) is 4.98.